The van der Waals surface area contributed by atoms with Crippen LogP contribution in [0.15, 0.2) is 40.9 Å². The van der Waals surface area contributed by atoms with Gasteiger partial charge in [-0.3, -0.25) is 0 Å². The summed E-state index contributed by atoms with van der Waals surface area (Å²) < 4.78 is 27.1. The molecule has 0 heterocycles. The van der Waals surface area contributed by atoms with E-state index in [1.807, 2.05) is 0 Å². The van der Waals surface area contributed by atoms with E-state index in [0.717, 1.165) is 0 Å². The fourth-order valence-corrected chi connectivity index (χ4v) is 2.68. The molecule has 0 saturated carbocycles. The smallest absolute Gasteiger partial charge is 0.130 e. The van der Waals surface area contributed by atoms with E-state index in [1.165, 1.54) is 24.3 Å². The quantitative estimate of drug-likeness (QED) is 0.856. The number of hydrogen-bond acceptors (Lipinski definition) is 1. The van der Waals surface area contributed by atoms with Crippen molar-refractivity contribution in [1.82, 2.24) is 0 Å². The Morgan fingerprint density at radius 1 is 1.21 bits per heavy atom. The third kappa shape index (κ3) is 3.32. The highest BCUT2D eigenvalue weighted by Gasteiger charge is 2.18. The molecule has 0 aromatic heterocycles. The molecule has 1 atom stereocenters. The highest BCUT2D eigenvalue weighted by atomic mass is 79.9. The first-order valence-corrected chi connectivity index (χ1v) is 6.72. The zero-order valence-electron chi connectivity index (χ0n) is 9.71. The van der Waals surface area contributed by atoms with Crippen molar-refractivity contribution >= 4 is 27.5 Å². The standard InChI is InChI=1S/C14H10BrClF2O/c15-10-2-1-3-12(18)14(10)13(19)6-8-4-5-9(17)7-11(8)16/h1-5,7,13,19H,6H2. The third-order valence-corrected chi connectivity index (χ3v) is 3.80. The van der Waals surface area contributed by atoms with Crippen LogP contribution < -0.4 is 0 Å². The van der Waals surface area contributed by atoms with Gasteiger partial charge in [0.2, 0.25) is 0 Å². The van der Waals surface area contributed by atoms with E-state index in [0.29, 0.717) is 10.0 Å². The molecular formula is C14H10BrClF2O. The molecule has 0 aliphatic rings. The highest BCUT2D eigenvalue weighted by Crippen LogP contribution is 2.30. The highest BCUT2D eigenvalue weighted by molar-refractivity contribution is 9.10. The van der Waals surface area contributed by atoms with E-state index in [-0.39, 0.29) is 17.0 Å². The summed E-state index contributed by atoms with van der Waals surface area (Å²) in [5.41, 5.74) is 0.730. The van der Waals surface area contributed by atoms with Crippen LogP contribution in [-0.2, 0) is 6.42 Å². The summed E-state index contributed by atoms with van der Waals surface area (Å²) in [6, 6.07) is 8.37. The minimum atomic E-state index is -1.06. The van der Waals surface area contributed by atoms with Gasteiger partial charge < -0.3 is 5.11 Å². The molecule has 100 valence electrons. The molecule has 2 aromatic rings. The number of aliphatic hydroxyl groups excluding tert-OH is 1. The fraction of sp³-hybridized carbons (Fsp3) is 0.143. The Balaban J connectivity index is 2.28. The van der Waals surface area contributed by atoms with E-state index in [9.17, 15) is 13.9 Å². The predicted molar refractivity (Wildman–Crippen MR) is 74.2 cm³/mol. The Labute approximate surface area is 123 Å². The topological polar surface area (TPSA) is 20.2 Å². The van der Waals surface area contributed by atoms with Crippen molar-refractivity contribution in [1.29, 1.82) is 0 Å². The van der Waals surface area contributed by atoms with Gasteiger partial charge in [-0.1, -0.05) is 39.7 Å². The lowest BCUT2D eigenvalue weighted by atomic mass is 10.0. The zero-order valence-corrected chi connectivity index (χ0v) is 12.0. The average molecular weight is 348 g/mol. The Bertz CT molecular complexity index is 584. The molecule has 1 unspecified atom stereocenters. The maximum Gasteiger partial charge on any atom is 0.130 e. The van der Waals surface area contributed by atoms with Crippen LogP contribution in [0.3, 0.4) is 0 Å². The largest absolute Gasteiger partial charge is 0.388 e. The summed E-state index contributed by atoms with van der Waals surface area (Å²) in [7, 11) is 0. The number of benzene rings is 2. The number of aliphatic hydroxyl groups is 1. The molecule has 2 aromatic carbocycles. The first-order valence-electron chi connectivity index (χ1n) is 5.55. The van der Waals surface area contributed by atoms with Gasteiger partial charge in [0.25, 0.3) is 0 Å². The third-order valence-electron chi connectivity index (χ3n) is 2.76. The molecule has 5 heteroatoms. The monoisotopic (exact) mass is 346 g/mol. The maximum absolute atomic E-state index is 13.7. The van der Waals surface area contributed by atoms with Gasteiger partial charge >= 0.3 is 0 Å². The predicted octanol–water partition coefficient (Wildman–Crippen LogP) is 4.66. The minimum absolute atomic E-state index is 0.110. The average Bonchev–Trinajstić information content (AvgIpc) is 2.32. The molecule has 0 spiro atoms. The van der Waals surface area contributed by atoms with Crippen LogP contribution in [0.5, 0.6) is 0 Å². The zero-order chi connectivity index (χ0) is 14.0. The minimum Gasteiger partial charge on any atom is -0.388 e. The van der Waals surface area contributed by atoms with Crippen molar-refractivity contribution in [2.45, 2.75) is 12.5 Å². The lowest BCUT2D eigenvalue weighted by Gasteiger charge is -2.14. The lowest BCUT2D eigenvalue weighted by molar-refractivity contribution is 0.173. The molecule has 2 rings (SSSR count). The van der Waals surface area contributed by atoms with Crippen LogP contribution in [0.2, 0.25) is 5.02 Å². The summed E-state index contributed by atoms with van der Waals surface area (Å²) >= 11 is 9.08. The van der Waals surface area contributed by atoms with E-state index in [2.05, 4.69) is 15.9 Å². The van der Waals surface area contributed by atoms with Crippen molar-refractivity contribution in [2.24, 2.45) is 0 Å². The number of rotatable bonds is 3. The normalized spacial score (nSPS) is 12.5. The van der Waals surface area contributed by atoms with Gasteiger partial charge in [0.05, 0.1) is 6.10 Å². The van der Waals surface area contributed by atoms with Crippen molar-refractivity contribution in [3.8, 4) is 0 Å². The summed E-state index contributed by atoms with van der Waals surface area (Å²) in [5, 5.41) is 10.3. The Morgan fingerprint density at radius 2 is 1.95 bits per heavy atom. The van der Waals surface area contributed by atoms with Gasteiger partial charge in [-0.05, 0) is 29.8 Å². The fourth-order valence-electron chi connectivity index (χ4n) is 1.83. The van der Waals surface area contributed by atoms with Crippen molar-refractivity contribution < 1.29 is 13.9 Å². The molecule has 1 N–H and O–H groups in total. The molecule has 1 nitrogen and oxygen atoms in total. The number of halogens is 4. The molecule has 0 bridgehead atoms. The van der Waals surface area contributed by atoms with Crippen LogP contribution in [-0.4, -0.2) is 5.11 Å². The summed E-state index contributed by atoms with van der Waals surface area (Å²) in [4.78, 5) is 0. The first-order chi connectivity index (χ1) is 8.99. The summed E-state index contributed by atoms with van der Waals surface area (Å²) in [6.07, 6.45) is -0.947. The molecule has 0 aliphatic carbocycles. The molecular weight excluding hydrogens is 338 g/mol. The Kier molecular flexibility index (Phi) is 4.55. The van der Waals surface area contributed by atoms with E-state index in [1.54, 1.807) is 12.1 Å². The molecule has 19 heavy (non-hydrogen) atoms. The summed E-state index contributed by atoms with van der Waals surface area (Å²) in [6.45, 7) is 0. The molecule has 0 amide bonds. The second-order valence-corrected chi connectivity index (χ2v) is 5.35. The van der Waals surface area contributed by atoms with Crippen molar-refractivity contribution in [2.75, 3.05) is 0 Å². The lowest BCUT2D eigenvalue weighted by Crippen LogP contribution is -2.06. The van der Waals surface area contributed by atoms with Gasteiger partial charge in [-0.25, -0.2) is 8.78 Å². The van der Waals surface area contributed by atoms with Gasteiger partial charge in [-0.2, -0.15) is 0 Å². The van der Waals surface area contributed by atoms with Crippen LogP contribution in [0, 0.1) is 11.6 Å². The van der Waals surface area contributed by atoms with E-state index >= 15 is 0 Å². The second kappa shape index (κ2) is 5.99. The van der Waals surface area contributed by atoms with Gasteiger partial charge in [0.15, 0.2) is 0 Å². The van der Waals surface area contributed by atoms with Gasteiger partial charge in [0.1, 0.15) is 11.6 Å². The maximum atomic E-state index is 13.7. The van der Waals surface area contributed by atoms with Crippen LogP contribution >= 0.6 is 27.5 Å². The van der Waals surface area contributed by atoms with E-state index < -0.39 is 17.7 Å². The van der Waals surface area contributed by atoms with Crippen LogP contribution in [0.25, 0.3) is 0 Å². The molecule has 0 fully saturated rings. The van der Waals surface area contributed by atoms with Gasteiger partial charge in [-0.15, -0.1) is 0 Å². The Hall–Kier alpha value is -0.970. The van der Waals surface area contributed by atoms with E-state index in [4.69, 9.17) is 11.6 Å². The van der Waals surface area contributed by atoms with Crippen molar-refractivity contribution in [3.05, 3.63) is 68.7 Å². The molecule has 0 radical (unpaired) electrons. The van der Waals surface area contributed by atoms with Gasteiger partial charge in [0, 0.05) is 21.5 Å². The first kappa shape index (κ1) is 14.4. The summed E-state index contributed by atoms with van der Waals surface area (Å²) in [5.74, 6) is -0.949. The van der Waals surface area contributed by atoms with Crippen LogP contribution in [0.4, 0.5) is 8.78 Å². The molecule has 0 aliphatic heterocycles. The van der Waals surface area contributed by atoms with Crippen molar-refractivity contribution in [3.63, 3.8) is 0 Å². The van der Waals surface area contributed by atoms with Crippen LogP contribution in [0.1, 0.15) is 17.2 Å². The molecule has 0 saturated heterocycles. The second-order valence-electron chi connectivity index (χ2n) is 4.09. The number of hydrogen-bond donors (Lipinski definition) is 1. The SMILES string of the molecule is OC(Cc1ccc(F)cc1Cl)c1c(F)cccc1Br. The Morgan fingerprint density at radius 3 is 2.58 bits per heavy atom.